The molecule has 4 N–H and O–H groups in total. The largest absolute Gasteiger partial charge is 0.505 e. The van der Waals surface area contributed by atoms with E-state index in [2.05, 4.69) is 0 Å². The van der Waals surface area contributed by atoms with E-state index in [1.165, 1.54) is 6.07 Å². The summed E-state index contributed by atoms with van der Waals surface area (Å²) in [5, 5.41) is 26.9. The molecule has 15 heavy (non-hydrogen) atoms. The first-order valence-corrected chi connectivity index (χ1v) is 4.39. The Hall–Kier alpha value is -1.64. The van der Waals surface area contributed by atoms with Gasteiger partial charge in [-0.2, -0.15) is 5.26 Å². The molecule has 0 saturated heterocycles. The standard InChI is InChI=1S/C10H11FN2O2/c11-7-2-1-6(5-12)9(10(7)15)8(13)3-4-14/h1-2,8,14-15H,3-4,13H2/t8-/m1/s1. The number of benzene rings is 1. The van der Waals surface area contributed by atoms with Crippen LogP contribution in [0.3, 0.4) is 0 Å². The third-order valence-electron chi connectivity index (χ3n) is 2.10. The molecular weight excluding hydrogens is 199 g/mol. The van der Waals surface area contributed by atoms with Gasteiger partial charge in [-0.05, 0) is 18.6 Å². The first kappa shape index (κ1) is 11.4. The first-order valence-electron chi connectivity index (χ1n) is 4.39. The third kappa shape index (κ3) is 2.24. The number of aliphatic hydroxyl groups is 1. The molecule has 4 nitrogen and oxygen atoms in total. The maximum Gasteiger partial charge on any atom is 0.165 e. The van der Waals surface area contributed by atoms with Crippen molar-refractivity contribution in [3.05, 3.63) is 29.1 Å². The zero-order valence-electron chi connectivity index (χ0n) is 7.94. The molecule has 1 rings (SSSR count). The summed E-state index contributed by atoms with van der Waals surface area (Å²) in [6.07, 6.45) is 0.158. The SMILES string of the molecule is N#Cc1ccc(F)c(O)c1[C@H](N)CCO. The monoisotopic (exact) mass is 210 g/mol. The van der Waals surface area contributed by atoms with Gasteiger partial charge in [0.05, 0.1) is 11.6 Å². The lowest BCUT2D eigenvalue weighted by Crippen LogP contribution is -2.14. The van der Waals surface area contributed by atoms with E-state index < -0.39 is 17.6 Å². The Morgan fingerprint density at radius 1 is 1.53 bits per heavy atom. The molecular formula is C10H11FN2O2. The number of halogens is 1. The zero-order chi connectivity index (χ0) is 11.4. The molecule has 0 unspecified atom stereocenters. The molecule has 0 aromatic heterocycles. The average molecular weight is 210 g/mol. The van der Waals surface area contributed by atoms with Crippen molar-refractivity contribution in [3.63, 3.8) is 0 Å². The molecule has 0 aliphatic heterocycles. The van der Waals surface area contributed by atoms with Crippen molar-refractivity contribution in [1.29, 1.82) is 5.26 Å². The molecule has 0 radical (unpaired) electrons. The van der Waals surface area contributed by atoms with Gasteiger partial charge in [0, 0.05) is 18.2 Å². The van der Waals surface area contributed by atoms with Gasteiger partial charge in [-0.3, -0.25) is 0 Å². The Bertz CT molecular complexity index is 401. The second-order valence-electron chi connectivity index (χ2n) is 3.09. The van der Waals surface area contributed by atoms with Gasteiger partial charge in [0.1, 0.15) is 0 Å². The minimum Gasteiger partial charge on any atom is -0.505 e. The quantitative estimate of drug-likeness (QED) is 0.687. The number of phenols is 1. The summed E-state index contributed by atoms with van der Waals surface area (Å²) in [4.78, 5) is 0. The third-order valence-corrected chi connectivity index (χ3v) is 2.10. The van der Waals surface area contributed by atoms with Gasteiger partial charge in [-0.25, -0.2) is 4.39 Å². The van der Waals surface area contributed by atoms with E-state index in [1.54, 1.807) is 0 Å². The lowest BCUT2D eigenvalue weighted by atomic mass is 9.98. The number of aromatic hydroxyl groups is 1. The van der Waals surface area contributed by atoms with Gasteiger partial charge < -0.3 is 15.9 Å². The highest BCUT2D eigenvalue weighted by Gasteiger charge is 2.18. The number of hydrogen-bond acceptors (Lipinski definition) is 4. The smallest absolute Gasteiger partial charge is 0.165 e. The van der Waals surface area contributed by atoms with Gasteiger partial charge in [-0.1, -0.05) is 0 Å². The van der Waals surface area contributed by atoms with Crippen molar-refractivity contribution in [1.82, 2.24) is 0 Å². The Morgan fingerprint density at radius 2 is 2.20 bits per heavy atom. The predicted molar refractivity (Wildman–Crippen MR) is 51.4 cm³/mol. The van der Waals surface area contributed by atoms with Crippen LogP contribution in [0.2, 0.25) is 0 Å². The minimum atomic E-state index is -0.822. The van der Waals surface area contributed by atoms with Crippen molar-refractivity contribution in [3.8, 4) is 11.8 Å². The second-order valence-corrected chi connectivity index (χ2v) is 3.09. The van der Waals surface area contributed by atoms with Crippen LogP contribution in [-0.4, -0.2) is 16.8 Å². The molecule has 0 saturated carbocycles. The number of aliphatic hydroxyl groups excluding tert-OH is 1. The number of hydrogen-bond donors (Lipinski definition) is 3. The predicted octanol–water partition coefficient (Wildman–Crippen LogP) is 0.785. The van der Waals surface area contributed by atoms with Crippen LogP contribution in [0, 0.1) is 17.1 Å². The van der Waals surface area contributed by atoms with E-state index in [9.17, 15) is 9.50 Å². The Morgan fingerprint density at radius 3 is 2.73 bits per heavy atom. The van der Waals surface area contributed by atoms with Crippen LogP contribution in [0.15, 0.2) is 12.1 Å². The van der Waals surface area contributed by atoms with E-state index in [0.29, 0.717) is 0 Å². The lowest BCUT2D eigenvalue weighted by molar-refractivity contribution is 0.275. The van der Waals surface area contributed by atoms with Gasteiger partial charge in [0.15, 0.2) is 11.6 Å². The molecule has 5 heteroatoms. The van der Waals surface area contributed by atoms with Crippen LogP contribution in [0.4, 0.5) is 4.39 Å². The maximum atomic E-state index is 13.0. The zero-order valence-corrected chi connectivity index (χ0v) is 7.94. The van der Waals surface area contributed by atoms with E-state index in [4.69, 9.17) is 16.1 Å². The Labute approximate surface area is 86.4 Å². The van der Waals surface area contributed by atoms with E-state index in [-0.39, 0.29) is 24.2 Å². The molecule has 0 spiro atoms. The van der Waals surface area contributed by atoms with E-state index in [1.807, 2.05) is 6.07 Å². The summed E-state index contributed by atoms with van der Waals surface area (Å²) in [6, 6.07) is 3.32. The molecule has 0 fully saturated rings. The van der Waals surface area contributed by atoms with Crippen LogP contribution in [0.1, 0.15) is 23.6 Å². The molecule has 0 heterocycles. The highest BCUT2D eigenvalue weighted by molar-refractivity contribution is 5.48. The fraction of sp³-hybridized carbons (Fsp3) is 0.300. The molecule has 1 atom stereocenters. The fourth-order valence-corrected chi connectivity index (χ4v) is 1.34. The minimum absolute atomic E-state index is 0.0477. The summed E-state index contributed by atoms with van der Waals surface area (Å²) in [5.41, 5.74) is 5.78. The lowest BCUT2D eigenvalue weighted by Gasteiger charge is -2.14. The first-order chi connectivity index (χ1) is 7.11. The van der Waals surface area contributed by atoms with Crippen molar-refractivity contribution in [2.24, 2.45) is 5.73 Å². The molecule has 1 aromatic rings. The van der Waals surface area contributed by atoms with Crippen molar-refractivity contribution >= 4 is 0 Å². The molecule has 0 aliphatic rings. The Balaban J connectivity index is 3.24. The molecule has 0 aliphatic carbocycles. The van der Waals surface area contributed by atoms with Crippen molar-refractivity contribution in [2.45, 2.75) is 12.5 Å². The van der Waals surface area contributed by atoms with Crippen molar-refractivity contribution in [2.75, 3.05) is 6.61 Å². The van der Waals surface area contributed by atoms with Gasteiger partial charge >= 0.3 is 0 Å². The Kier molecular flexibility index (Phi) is 3.61. The molecule has 80 valence electrons. The second kappa shape index (κ2) is 4.73. The van der Waals surface area contributed by atoms with Crippen LogP contribution < -0.4 is 5.73 Å². The van der Waals surface area contributed by atoms with E-state index >= 15 is 0 Å². The summed E-state index contributed by atoms with van der Waals surface area (Å²) < 4.78 is 13.0. The summed E-state index contributed by atoms with van der Waals surface area (Å²) >= 11 is 0. The van der Waals surface area contributed by atoms with E-state index in [0.717, 1.165) is 6.07 Å². The van der Waals surface area contributed by atoms with Gasteiger partial charge in [0.25, 0.3) is 0 Å². The number of nitrogens with two attached hydrogens (primary N) is 1. The highest BCUT2D eigenvalue weighted by atomic mass is 19.1. The molecule has 0 amide bonds. The summed E-state index contributed by atoms with van der Waals surface area (Å²) in [5.74, 6) is -1.44. The topological polar surface area (TPSA) is 90.3 Å². The van der Waals surface area contributed by atoms with Gasteiger partial charge in [0.2, 0.25) is 0 Å². The van der Waals surface area contributed by atoms with Gasteiger partial charge in [-0.15, -0.1) is 0 Å². The fourth-order valence-electron chi connectivity index (χ4n) is 1.34. The number of nitriles is 1. The number of nitrogens with zero attached hydrogens (tertiary/aromatic N) is 1. The normalized spacial score (nSPS) is 12.1. The summed E-state index contributed by atoms with van der Waals surface area (Å²) in [7, 11) is 0. The van der Waals surface area contributed by atoms with Crippen LogP contribution in [0.25, 0.3) is 0 Å². The van der Waals surface area contributed by atoms with Crippen LogP contribution in [-0.2, 0) is 0 Å². The van der Waals surface area contributed by atoms with Crippen molar-refractivity contribution < 1.29 is 14.6 Å². The number of rotatable bonds is 3. The maximum absolute atomic E-state index is 13.0. The highest BCUT2D eigenvalue weighted by Crippen LogP contribution is 2.30. The van der Waals surface area contributed by atoms with Crippen LogP contribution >= 0.6 is 0 Å². The number of phenolic OH excluding ortho intramolecular Hbond substituents is 1. The summed E-state index contributed by atoms with van der Waals surface area (Å²) in [6.45, 7) is -0.192. The van der Waals surface area contributed by atoms with Crippen LogP contribution in [0.5, 0.6) is 5.75 Å². The molecule has 0 bridgehead atoms. The molecule has 1 aromatic carbocycles. The average Bonchev–Trinajstić information content (AvgIpc) is 2.22.